The molecule has 2 N–H and O–H groups in total. The van der Waals surface area contributed by atoms with Gasteiger partial charge in [0.2, 0.25) is 0 Å². The van der Waals surface area contributed by atoms with Gasteiger partial charge >= 0.3 is 0 Å². The number of benzene rings is 1. The Morgan fingerprint density at radius 3 is 2.76 bits per heavy atom. The average Bonchev–Trinajstić information content (AvgIpc) is 2.63. The summed E-state index contributed by atoms with van der Waals surface area (Å²) in [6, 6.07) is 5.72. The van der Waals surface area contributed by atoms with Crippen molar-refractivity contribution in [3.63, 3.8) is 0 Å². The Balaban J connectivity index is 2.40. The molecule has 1 heterocycles. The van der Waals surface area contributed by atoms with E-state index in [0.29, 0.717) is 13.2 Å². The van der Waals surface area contributed by atoms with E-state index in [1.807, 2.05) is 39.0 Å². The van der Waals surface area contributed by atoms with E-state index >= 15 is 0 Å². The van der Waals surface area contributed by atoms with E-state index in [2.05, 4.69) is 0 Å². The Labute approximate surface area is 102 Å². The van der Waals surface area contributed by atoms with Crippen molar-refractivity contribution in [2.75, 3.05) is 13.2 Å². The lowest BCUT2D eigenvalue weighted by atomic mass is 9.77. The third-order valence-corrected chi connectivity index (χ3v) is 3.67. The van der Waals surface area contributed by atoms with Crippen molar-refractivity contribution >= 4 is 5.78 Å². The molecule has 0 saturated carbocycles. The molecule has 1 fully saturated rings. The van der Waals surface area contributed by atoms with Gasteiger partial charge in [0, 0.05) is 11.6 Å². The molecule has 0 amide bonds. The predicted molar refractivity (Wildman–Crippen MR) is 67.1 cm³/mol. The Morgan fingerprint density at radius 1 is 1.47 bits per heavy atom. The molecule has 2 unspecified atom stereocenters. The van der Waals surface area contributed by atoms with Crippen LogP contribution in [0.4, 0.5) is 0 Å². The summed E-state index contributed by atoms with van der Waals surface area (Å²) < 4.78 is 5.34. The number of hydrogen-bond acceptors (Lipinski definition) is 3. The fourth-order valence-corrected chi connectivity index (χ4v) is 2.21. The van der Waals surface area contributed by atoms with Crippen molar-refractivity contribution < 1.29 is 9.53 Å². The number of nitrogens with two attached hydrogens (primary N) is 1. The molecule has 2 atom stereocenters. The minimum atomic E-state index is -0.585. The SMILES string of the molecule is Cc1ccc(C)c(C(=O)C2(C)COCC2N)c1. The fourth-order valence-electron chi connectivity index (χ4n) is 2.21. The number of carbonyl (C=O) groups is 1. The van der Waals surface area contributed by atoms with Crippen molar-refractivity contribution in [2.45, 2.75) is 26.8 Å². The van der Waals surface area contributed by atoms with Crippen LogP contribution in [0.5, 0.6) is 0 Å². The van der Waals surface area contributed by atoms with Crippen LogP contribution in [0, 0.1) is 19.3 Å². The van der Waals surface area contributed by atoms with Crippen LogP contribution >= 0.6 is 0 Å². The zero-order valence-corrected chi connectivity index (χ0v) is 10.6. The molecule has 2 rings (SSSR count). The van der Waals surface area contributed by atoms with Crippen molar-refractivity contribution in [3.8, 4) is 0 Å². The normalized spacial score (nSPS) is 28.4. The molecule has 0 aromatic heterocycles. The van der Waals surface area contributed by atoms with Crippen molar-refractivity contribution in [3.05, 3.63) is 34.9 Å². The van der Waals surface area contributed by atoms with E-state index in [1.54, 1.807) is 0 Å². The monoisotopic (exact) mass is 233 g/mol. The zero-order valence-electron chi connectivity index (χ0n) is 10.6. The van der Waals surface area contributed by atoms with Gasteiger partial charge in [0.1, 0.15) is 0 Å². The number of carbonyl (C=O) groups excluding carboxylic acids is 1. The maximum atomic E-state index is 12.6. The van der Waals surface area contributed by atoms with Crippen LogP contribution in [-0.4, -0.2) is 25.0 Å². The first kappa shape index (κ1) is 12.3. The van der Waals surface area contributed by atoms with Crippen LogP contribution in [0.3, 0.4) is 0 Å². The molecule has 1 aromatic rings. The molecule has 1 aromatic carbocycles. The molecule has 92 valence electrons. The van der Waals surface area contributed by atoms with Crippen LogP contribution < -0.4 is 5.73 Å². The quantitative estimate of drug-likeness (QED) is 0.793. The molecule has 0 aliphatic carbocycles. The van der Waals surface area contributed by atoms with Crippen molar-refractivity contribution in [1.29, 1.82) is 0 Å². The van der Waals surface area contributed by atoms with E-state index in [0.717, 1.165) is 16.7 Å². The lowest BCUT2D eigenvalue weighted by Gasteiger charge is -2.26. The summed E-state index contributed by atoms with van der Waals surface area (Å²) in [4.78, 5) is 12.6. The highest BCUT2D eigenvalue weighted by Gasteiger charge is 2.44. The molecule has 1 aliphatic rings. The van der Waals surface area contributed by atoms with Gasteiger partial charge in [-0.3, -0.25) is 4.79 Å². The minimum Gasteiger partial charge on any atom is -0.379 e. The van der Waals surface area contributed by atoms with Gasteiger partial charge in [-0.2, -0.15) is 0 Å². The summed E-state index contributed by atoms with van der Waals surface area (Å²) in [6.07, 6.45) is 0. The van der Waals surface area contributed by atoms with E-state index in [4.69, 9.17) is 10.5 Å². The second-order valence-electron chi connectivity index (χ2n) is 5.19. The molecular weight excluding hydrogens is 214 g/mol. The van der Waals surface area contributed by atoms with Crippen LogP contribution in [0.15, 0.2) is 18.2 Å². The number of aryl methyl sites for hydroxylation is 2. The van der Waals surface area contributed by atoms with E-state index < -0.39 is 5.41 Å². The number of hydrogen-bond donors (Lipinski definition) is 1. The fraction of sp³-hybridized carbons (Fsp3) is 0.500. The molecule has 3 heteroatoms. The third kappa shape index (κ3) is 2.01. The highest BCUT2D eigenvalue weighted by Crippen LogP contribution is 2.32. The zero-order chi connectivity index (χ0) is 12.6. The third-order valence-electron chi connectivity index (χ3n) is 3.67. The topological polar surface area (TPSA) is 52.3 Å². The summed E-state index contributed by atoms with van der Waals surface area (Å²) >= 11 is 0. The molecule has 3 nitrogen and oxygen atoms in total. The second kappa shape index (κ2) is 4.24. The van der Waals surface area contributed by atoms with Gasteiger partial charge < -0.3 is 10.5 Å². The Bertz CT molecular complexity index is 456. The highest BCUT2D eigenvalue weighted by molar-refractivity contribution is 6.02. The number of ether oxygens (including phenoxy) is 1. The minimum absolute atomic E-state index is 0.101. The molecule has 0 radical (unpaired) electrons. The number of Topliss-reactive ketones (excluding diaryl/α,β-unsaturated/α-hetero) is 1. The van der Waals surface area contributed by atoms with Crippen molar-refractivity contribution in [2.24, 2.45) is 11.1 Å². The largest absolute Gasteiger partial charge is 0.379 e. The maximum absolute atomic E-state index is 12.6. The van der Waals surface area contributed by atoms with Crippen molar-refractivity contribution in [1.82, 2.24) is 0 Å². The highest BCUT2D eigenvalue weighted by atomic mass is 16.5. The van der Waals surface area contributed by atoms with Crippen LogP contribution in [0.25, 0.3) is 0 Å². The van der Waals surface area contributed by atoms with Gasteiger partial charge in [-0.05, 0) is 32.4 Å². The maximum Gasteiger partial charge on any atom is 0.172 e. The standard InChI is InChI=1S/C14H19NO2/c1-9-4-5-10(2)11(6-9)13(16)14(3)8-17-7-12(14)15/h4-6,12H,7-8,15H2,1-3H3. The molecule has 0 bridgehead atoms. The summed E-state index contributed by atoms with van der Waals surface area (Å²) in [5, 5.41) is 0. The van der Waals surface area contributed by atoms with E-state index in [-0.39, 0.29) is 11.8 Å². The first-order valence-corrected chi connectivity index (χ1v) is 5.90. The lowest BCUT2D eigenvalue weighted by Crippen LogP contribution is -2.44. The summed E-state index contributed by atoms with van der Waals surface area (Å²) in [5.74, 6) is 0.101. The van der Waals surface area contributed by atoms with Gasteiger partial charge in [-0.1, -0.05) is 17.7 Å². The average molecular weight is 233 g/mol. The van der Waals surface area contributed by atoms with Gasteiger partial charge in [0.15, 0.2) is 5.78 Å². The van der Waals surface area contributed by atoms with E-state index in [9.17, 15) is 4.79 Å². The van der Waals surface area contributed by atoms with Crippen LogP contribution in [0.2, 0.25) is 0 Å². The van der Waals surface area contributed by atoms with Crippen LogP contribution in [-0.2, 0) is 4.74 Å². The molecule has 0 spiro atoms. The summed E-state index contributed by atoms with van der Waals surface area (Å²) in [6.45, 7) is 6.73. The Kier molecular flexibility index (Phi) is 3.06. The van der Waals surface area contributed by atoms with Crippen LogP contribution in [0.1, 0.15) is 28.4 Å². The first-order valence-electron chi connectivity index (χ1n) is 5.90. The lowest BCUT2D eigenvalue weighted by molar-refractivity contribution is 0.0767. The molecule has 1 saturated heterocycles. The van der Waals surface area contributed by atoms with Gasteiger partial charge in [0.05, 0.1) is 18.6 Å². The molecule has 17 heavy (non-hydrogen) atoms. The number of ketones is 1. The number of rotatable bonds is 2. The van der Waals surface area contributed by atoms with Gasteiger partial charge in [-0.25, -0.2) is 0 Å². The first-order chi connectivity index (χ1) is 7.95. The molecule has 1 aliphatic heterocycles. The summed E-state index contributed by atoms with van der Waals surface area (Å²) in [7, 11) is 0. The van der Waals surface area contributed by atoms with E-state index in [1.165, 1.54) is 0 Å². The van der Waals surface area contributed by atoms with Gasteiger partial charge in [0.25, 0.3) is 0 Å². The van der Waals surface area contributed by atoms with Gasteiger partial charge in [-0.15, -0.1) is 0 Å². The molecular formula is C14H19NO2. The Morgan fingerprint density at radius 2 is 2.18 bits per heavy atom. The second-order valence-corrected chi connectivity index (χ2v) is 5.19. The predicted octanol–water partition coefficient (Wildman–Crippen LogP) is 1.85. The Hall–Kier alpha value is -1.19. The summed E-state index contributed by atoms with van der Waals surface area (Å²) in [5.41, 5.74) is 8.27. The smallest absolute Gasteiger partial charge is 0.172 e.